The molecule has 33 heavy (non-hydrogen) atoms. The van der Waals surface area contributed by atoms with Crippen LogP contribution >= 0.6 is 0 Å². The third-order valence-corrected chi connectivity index (χ3v) is 5.64. The first-order valence-corrected chi connectivity index (χ1v) is 10.8. The van der Waals surface area contributed by atoms with Crippen molar-refractivity contribution in [1.29, 1.82) is 0 Å². The molecule has 4 rings (SSSR count). The smallest absolute Gasteiger partial charge is 0.274 e. The van der Waals surface area contributed by atoms with E-state index in [0.717, 1.165) is 24.1 Å². The zero-order valence-corrected chi connectivity index (χ0v) is 18.2. The molecule has 8 heteroatoms. The Morgan fingerprint density at radius 3 is 2.52 bits per heavy atom. The number of anilines is 2. The number of carbonyl (C=O) groups is 3. The lowest BCUT2D eigenvalue weighted by Crippen LogP contribution is -2.43. The molecule has 2 N–H and O–H groups in total. The van der Waals surface area contributed by atoms with Gasteiger partial charge < -0.3 is 15.5 Å². The molecule has 3 heterocycles. The van der Waals surface area contributed by atoms with Crippen LogP contribution in [0.25, 0.3) is 5.57 Å². The third-order valence-electron chi connectivity index (χ3n) is 5.64. The highest BCUT2D eigenvalue weighted by Gasteiger charge is 2.27. The van der Waals surface area contributed by atoms with E-state index in [2.05, 4.69) is 27.2 Å². The summed E-state index contributed by atoms with van der Waals surface area (Å²) in [5.41, 5.74) is 3.23. The maximum absolute atomic E-state index is 12.6. The van der Waals surface area contributed by atoms with Crippen molar-refractivity contribution in [2.45, 2.75) is 12.8 Å². The molecular formula is C25H25N5O3. The predicted molar refractivity (Wildman–Crippen MR) is 128 cm³/mol. The Morgan fingerprint density at radius 2 is 1.82 bits per heavy atom. The van der Waals surface area contributed by atoms with Gasteiger partial charge in [0.05, 0.1) is 18.2 Å². The standard InChI is InChI=1S/C25H25N5O3/c1-2-23(31)30-14-4-5-18(16-30)24(32)27-19-8-10-20(11-9-19)28-25(33)22-7-3-6-21(29-22)17-12-13-26-15-17/h2-3,6-13,18H,1,4-5,14-16H2,(H,27,32)(H,28,33). The fraction of sp³-hybridized carbons (Fsp3) is 0.240. The number of rotatable bonds is 6. The quantitative estimate of drug-likeness (QED) is 0.669. The minimum Gasteiger partial charge on any atom is -0.338 e. The molecule has 1 atom stereocenters. The van der Waals surface area contributed by atoms with E-state index in [0.29, 0.717) is 36.7 Å². The molecule has 168 valence electrons. The highest BCUT2D eigenvalue weighted by molar-refractivity contribution is 6.03. The van der Waals surface area contributed by atoms with Crippen LogP contribution in [-0.2, 0) is 9.59 Å². The summed E-state index contributed by atoms with van der Waals surface area (Å²) in [6.45, 7) is 5.11. The predicted octanol–water partition coefficient (Wildman–Crippen LogP) is 3.16. The van der Waals surface area contributed by atoms with Crippen molar-refractivity contribution >= 4 is 40.9 Å². The molecule has 2 aliphatic rings. The van der Waals surface area contributed by atoms with Crippen LogP contribution in [0.4, 0.5) is 11.4 Å². The number of nitrogens with zero attached hydrogens (tertiary/aromatic N) is 3. The van der Waals surface area contributed by atoms with Crippen LogP contribution in [0.2, 0.25) is 0 Å². The second-order valence-corrected chi connectivity index (χ2v) is 7.94. The monoisotopic (exact) mass is 443 g/mol. The number of amides is 3. The maximum Gasteiger partial charge on any atom is 0.274 e. The summed E-state index contributed by atoms with van der Waals surface area (Å²) in [5, 5.41) is 5.72. The second kappa shape index (κ2) is 10.0. The first-order chi connectivity index (χ1) is 16.0. The molecule has 8 nitrogen and oxygen atoms in total. The zero-order chi connectivity index (χ0) is 23.2. The van der Waals surface area contributed by atoms with Crippen LogP contribution < -0.4 is 10.6 Å². The fourth-order valence-corrected chi connectivity index (χ4v) is 3.85. The topological polar surface area (TPSA) is 104 Å². The van der Waals surface area contributed by atoms with E-state index < -0.39 is 0 Å². The van der Waals surface area contributed by atoms with Gasteiger partial charge in [0.15, 0.2) is 0 Å². The summed E-state index contributed by atoms with van der Waals surface area (Å²) < 4.78 is 0. The molecule has 0 bridgehead atoms. The van der Waals surface area contributed by atoms with Crippen molar-refractivity contribution in [1.82, 2.24) is 9.88 Å². The van der Waals surface area contributed by atoms with E-state index in [4.69, 9.17) is 0 Å². The van der Waals surface area contributed by atoms with Crippen molar-refractivity contribution in [3.05, 3.63) is 72.6 Å². The highest BCUT2D eigenvalue weighted by Crippen LogP contribution is 2.21. The molecule has 0 saturated carbocycles. The Balaban J connectivity index is 1.34. The van der Waals surface area contributed by atoms with Gasteiger partial charge in [-0.2, -0.15) is 0 Å². The van der Waals surface area contributed by atoms with Crippen LogP contribution in [-0.4, -0.2) is 53.5 Å². The number of allylic oxidation sites excluding steroid dienone is 1. The number of hydrogen-bond acceptors (Lipinski definition) is 5. The molecule has 1 aromatic carbocycles. The Hall–Kier alpha value is -4.07. The number of benzene rings is 1. The molecule has 3 amide bonds. The number of carbonyl (C=O) groups excluding carboxylic acids is 3. The largest absolute Gasteiger partial charge is 0.338 e. The third kappa shape index (κ3) is 5.41. The van der Waals surface area contributed by atoms with Gasteiger partial charge in [-0.1, -0.05) is 12.6 Å². The van der Waals surface area contributed by atoms with Crippen LogP contribution in [0.15, 0.2) is 66.2 Å². The van der Waals surface area contributed by atoms with Gasteiger partial charge in [0.2, 0.25) is 11.8 Å². The number of nitrogens with one attached hydrogen (secondary N) is 2. The first-order valence-electron chi connectivity index (χ1n) is 10.8. The van der Waals surface area contributed by atoms with Crippen LogP contribution in [0.3, 0.4) is 0 Å². The Kier molecular flexibility index (Phi) is 6.73. The number of pyridine rings is 1. The molecule has 0 aliphatic carbocycles. The molecule has 1 unspecified atom stereocenters. The van der Waals surface area contributed by atoms with Crippen molar-refractivity contribution < 1.29 is 14.4 Å². The minimum atomic E-state index is -0.317. The Bertz CT molecular complexity index is 1140. The molecule has 0 spiro atoms. The fourth-order valence-electron chi connectivity index (χ4n) is 3.85. The normalized spacial score (nSPS) is 17.3. The van der Waals surface area contributed by atoms with Crippen LogP contribution in [0, 0.1) is 5.92 Å². The van der Waals surface area contributed by atoms with E-state index >= 15 is 0 Å². The summed E-state index contributed by atoms with van der Waals surface area (Å²) in [5.74, 6) is -0.858. The number of aliphatic imine (C=N–C) groups is 1. The number of likely N-dealkylation sites (tertiary alicyclic amines) is 1. The van der Waals surface area contributed by atoms with Gasteiger partial charge in [-0.25, -0.2) is 4.98 Å². The van der Waals surface area contributed by atoms with E-state index in [1.807, 2.05) is 12.1 Å². The number of aromatic nitrogens is 1. The van der Waals surface area contributed by atoms with E-state index in [9.17, 15) is 14.4 Å². The number of piperidine rings is 1. The molecular weight excluding hydrogens is 418 g/mol. The summed E-state index contributed by atoms with van der Waals surface area (Å²) in [4.78, 5) is 47.3. The highest BCUT2D eigenvalue weighted by atomic mass is 16.2. The second-order valence-electron chi connectivity index (χ2n) is 7.94. The lowest BCUT2D eigenvalue weighted by molar-refractivity contribution is -0.130. The average Bonchev–Trinajstić information content (AvgIpc) is 3.40. The average molecular weight is 444 g/mol. The molecule has 2 aromatic rings. The molecule has 2 aliphatic heterocycles. The SMILES string of the molecule is C=CC(=O)N1CCCC(C(=O)Nc2ccc(NC(=O)c3cccc(C4=CC=NC4)n3)cc2)C1. The van der Waals surface area contributed by atoms with Gasteiger partial charge in [0.1, 0.15) is 5.69 Å². The van der Waals surface area contributed by atoms with Gasteiger partial charge >= 0.3 is 0 Å². The minimum absolute atomic E-state index is 0.125. The van der Waals surface area contributed by atoms with E-state index in [1.54, 1.807) is 47.5 Å². The van der Waals surface area contributed by atoms with Gasteiger partial charge in [-0.05, 0) is 61.4 Å². The van der Waals surface area contributed by atoms with E-state index in [-0.39, 0.29) is 23.6 Å². The lowest BCUT2D eigenvalue weighted by atomic mass is 9.97. The van der Waals surface area contributed by atoms with Crippen molar-refractivity contribution in [3.8, 4) is 0 Å². The van der Waals surface area contributed by atoms with Crippen molar-refractivity contribution in [2.75, 3.05) is 30.3 Å². The van der Waals surface area contributed by atoms with Gasteiger partial charge in [0, 0.05) is 36.3 Å². The van der Waals surface area contributed by atoms with Gasteiger partial charge in [0.25, 0.3) is 5.91 Å². The number of hydrogen-bond donors (Lipinski definition) is 2. The summed E-state index contributed by atoms with van der Waals surface area (Å²) in [6.07, 6.45) is 6.41. The summed E-state index contributed by atoms with van der Waals surface area (Å²) in [7, 11) is 0. The van der Waals surface area contributed by atoms with Crippen molar-refractivity contribution in [3.63, 3.8) is 0 Å². The lowest BCUT2D eigenvalue weighted by Gasteiger charge is -2.31. The summed E-state index contributed by atoms with van der Waals surface area (Å²) >= 11 is 0. The Morgan fingerprint density at radius 1 is 1.06 bits per heavy atom. The Labute approximate surface area is 192 Å². The van der Waals surface area contributed by atoms with Crippen molar-refractivity contribution in [2.24, 2.45) is 10.9 Å². The van der Waals surface area contributed by atoms with Gasteiger partial charge in [-0.3, -0.25) is 19.4 Å². The zero-order valence-electron chi connectivity index (χ0n) is 18.2. The first kappa shape index (κ1) is 22.1. The van der Waals surface area contributed by atoms with E-state index in [1.165, 1.54) is 6.08 Å². The molecule has 1 saturated heterocycles. The molecule has 0 radical (unpaired) electrons. The van der Waals surface area contributed by atoms with Crippen LogP contribution in [0.1, 0.15) is 29.0 Å². The van der Waals surface area contributed by atoms with Crippen LogP contribution in [0.5, 0.6) is 0 Å². The maximum atomic E-state index is 12.6. The molecule has 1 fully saturated rings. The molecule has 1 aromatic heterocycles. The summed E-state index contributed by atoms with van der Waals surface area (Å²) in [6, 6.07) is 12.2. The van der Waals surface area contributed by atoms with Gasteiger partial charge in [-0.15, -0.1) is 0 Å².